The summed E-state index contributed by atoms with van der Waals surface area (Å²) < 4.78 is 7.47. The van der Waals surface area contributed by atoms with Crippen LogP contribution in [0.25, 0.3) is 16.8 Å². The number of nitrogen functional groups attached to an aromatic ring is 1. The van der Waals surface area contributed by atoms with Gasteiger partial charge in [-0.3, -0.25) is 0 Å². The van der Waals surface area contributed by atoms with E-state index in [2.05, 4.69) is 26.5 Å². The van der Waals surface area contributed by atoms with Gasteiger partial charge in [0, 0.05) is 24.8 Å². The number of aliphatic hydroxyl groups is 1. The molecule has 11 nitrogen and oxygen atoms in total. The third kappa shape index (κ3) is 4.81. The van der Waals surface area contributed by atoms with Crippen molar-refractivity contribution >= 4 is 17.2 Å². The smallest absolute Gasteiger partial charge is 0.171 e. The molecule has 4 N–H and O–H groups in total. The Bertz CT molecular complexity index is 1470. The van der Waals surface area contributed by atoms with E-state index in [0.29, 0.717) is 41.4 Å². The van der Waals surface area contributed by atoms with Crippen molar-refractivity contribution in [3.8, 4) is 29.1 Å². The molecule has 1 unspecified atom stereocenters. The maximum Gasteiger partial charge on any atom is 0.171 e. The molecule has 0 saturated carbocycles. The highest BCUT2D eigenvalue weighted by Gasteiger charge is 2.19. The van der Waals surface area contributed by atoms with Crippen LogP contribution in [0.4, 0.5) is 11.6 Å². The van der Waals surface area contributed by atoms with Gasteiger partial charge in [0.2, 0.25) is 0 Å². The van der Waals surface area contributed by atoms with Crippen LogP contribution in [0.5, 0.6) is 5.75 Å². The van der Waals surface area contributed by atoms with Crippen LogP contribution in [0.2, 0.25) is 0 Å². The number of nitrogens with zero attached hydrogens (tertiary/aromatic N) is 7. The zero-order chi connectivity index (χ0) is 24.9. The molecule has 4 aromatic rings. The van der Waals surface area contributed by atoms with Crippen LogP contribution in [0.3, 0.4) is 0 Å². The minimum atomic E-state index is -0.443. The fourth-order valence-corrected chi connectivity index (χ4v) is 3.61. The van der Waals surface area contributed by atoms with Crippen molar-refractivity contribution in [2.75, 3.05) is 24.3 Å². The topological polar surface area (TPSA) is 171 Å². The number of aromatic nitrogens is 5. The molecular formula is C24H23N9O2. The Balaban J connectivity index is 1.80. The van der Waals surface area contributed by atoms with Gasteiger partial charge in [-0.2, -0.15) is 15.6 Å². The van der Waals surface area contributed by atoms with Gasteiger partial charge in [0.25, 0.3) is 0 Å². The van der Waals surface area contributed by atoms with E-state index >= 15 is 0 Å². The summed E-state index contributed by atoms with van der Waals surface area (Å²) in [6.45, 7) is 4.14. The second-order valence-corrected chi connectivity index (χ2v) is 7.85. The van der Waals surface area contributed by atoms with E-state index in [-0.39, 0.29) is 23.8 Å². The first-order valence-electron chi connectivity index (χ1n) is 10.9. The first-order valence-corrected chi connectivity index (χ1v) is 10.9. The molecule has 4 rings (SSSR count). The van der Waals surface area contributed by atoms with Gasteiger partial charge >= 0.3 is 0 Å². The van der Waals surface area contributed by atoms with Gasteiger partial charge in [0.15, 0.2) is 5.82 Å². The number of ether oxygens (including phenoxy) is 1. The summed E-state index contributed by atoms with van der Waals surface area (Å²) in [5, 5.41) is 35.8. The summed E-state index contributed by atoms with van der Waals surface area (Å²) in [4.78, 5) is 12.8. The summed E-state index contributed by atoms with van der Waals surface area (Å²) >= 11 is 0. The first kappa shape index (κ1) is 23.4. The summed E-state index contributed by atoms with van der Waals surface area (Å²) in [7, 11) is 0. The lowest BCUT2D eigenvalue weighted by molar-refractivity contribution is 0.233. The number of benzene rings is 1. The van der Waals surface area contributed by atoms with Crippen molar-refractivity contribution in [1.29, 1.82) is 10.5 Å². The lowest BCUT2D eigenvalue weighted by atomic mass is 10.1. The number of aryl methyl sites for hydroxylation is 1. The van der Waals surface area contributed by atoms with E-state index in [1.54, 1.807) is 16.6 Å². The molecule has 35 heavy (non-hydrogen) atoms. The standard InChI is InChI=1S/C24H23N9O2/c1-14-4-5-33-21(14)20(17-8-16(11-25)9-18(10-17)35-7-3-6-34)31-23(32-33)15(2)30-24-19(12-26)22(27)28-13-29-24/h4-5,8-10,13,15,34H,3,6-7H2,1-2H3,(H3,27,28,29,30). The van der Waals surface area contributed by atoms with Crippen LogP contribution < -0.4 is 15.8 Å². The average Bonchev–Trinajstić information content (AvgIpc) is 3.24. The Morgan fingerprint density at radius 2 is 2.06 bits per heavy atom. The molecule has 0 bridgehead atoms. The van der Waals surface area contributed by atoms with Crippen LogP contribution >= 0.6 is 0 Å². The van der Waals surface area contributed by atoms with E-state index in [1.807, 2.05) is 38.2 Å². The number of anilines is 2. The number of fused-ring (bicyclic) bond motifs is 1. The molecule has 0 aliphatic heterocycles. The van der Waals surface area contributed by atoms with Crippen LogP contribution in [-0.2, 0) is 0 Å². The van der Waals surface area contributed by atoms with Gasteiger partial charge < -0.3 is 20.9 Å². The van der Waals surface area contributed by atoms with E-state index in [9.17, 15) is 10.5 Å². The van der Waals surface area contributed by atoms with Crippen molar-refractivity contribution in [2.45, 2.75) is 26.3 Å². The largest absolute Gasteiger partial charge is 0.493 e. The first-order chi connectivity index (χ1) is 16.9. The Morgan fingerprint density at radius 1 is 1.23 bits per heavy atom. The normalized spacial score (nSPS) is 11.6. The fraction of sp³-hybridized carbons (Fsp3) is 0.250. The van der Waals surface area contributed by atoms with Crippen LogP contribution in [-0.4, -0.2) is 42.9 Å². The van der Waals surface area contributed by atoms with Gasteiger partial charge in [-0.1, -0.05) is 0 Å². The number of hydrogen-bond acceptors (Lipinski definition) is 10. The monoisotopic (exact) mass is 469 g/mol. The highest BCUT2D eigenvalue weighted by atomic mass is 16.5. The van der Waals surface area contributed by atoms with Gasteiger partial charge in [-0.25, -0.2) is 19.5 Å². The summed E-state index contributed by atoms with van der Waals surface area (Å²) in [6, 6.07) is 10.9. The molecule has 1 aromatic carbocycles. The molecule has 0 fully saturated rings. The molecular weight excluding hydrogens is 446 g/mol. The Hall–Kier alpha value is -4.74. The van der Waals surface area contributed by atoms with Crippen molar-refractivity contribution in [3.05, 3.63) is 59.3 Å². The van der Waals surface area contributed by atoms with E-state index < -0.39 is 6.04 Å². The number of nitriles is 2. The molecule has 1 atom stereocenters. The molecule has 11 heteroatoms. The minimum Gasteiger partial charge on any atom is -0.493 e. The molecule has 3 heterocycles. The summed E-state index contributed by atoms with van der Waals surface area (Å²) in [5.74, 6) is 1.32. The Labute approximate surface area is 201 Å². The predicted octanol–water partition coefficient (Wildman–Crippen LogP) is 2.75. The molecule has 0 amide bonds. The fourth-order valence-electron chi connectivity index (χ4n) is 3.61. The molecule has 3 aromatic heterocycles. The third-order valence-corrected chi connectivity index (χ3v) is 5.34. The SMILES string of the molecule is Cc1ccn2nc(C(C)Nc3ncnc(N)c3C#N)nc(-c3cc(C#N)cc(OCCCO)c3)c12. The highest BCUT2D eigenvalue weighted by molar-refractivity contribution is 5.81. The molecule has 0 aliphatic rings. The second kappa shape index (κ2) is 10.0. The predicted molar refractivity (Wildman–Crippen MR) is 128 cm³/mol. The van der Waals surface area contributed by atoms with E-state index in [4.69, 9.17) is 20.6 Å². The van der Waals surface area contributed by atoms with Crippen molar-refractivity contribution < 1.29 is 9.84 Å². The summed E-state index contributed by atoms with van der Waals surface area (Å²) in [6.07, 6.45) is 3.59. The molecule has 0 radical (unpaired) electrons. The van der Waals surface area contributed by atoms with Crippen LogP contribution in [0.1, 0.15) is 41.9 Å². The van der Waals surface area contributed by atoms with Gasteiger partial charge in [-0.05, 0) is 43.7 Å². The number of hydrogen-bond donors (Lipinski definition) is 3. The van der Waals surface area contributed by atoms with Crippen LogP contribution in [0, 0.1) is 29.6 Å². The molecule has 0 spiro atoms. The maximum atomic E-state index is 9.57. The maximum absolute atomic E-state index is 9.57. The number of aliphatic hydroxyl groups excluding tert-OH is 1. The highest BCUT2D eigenvalue weighted by Crippen LogP contribution is 2.31. The molecule has 176 valence electrons. The van der Waals surface area contributed by atoms with E-state index in [0.717, 1.165) is 11.1 Å². The number of nitrogens with two attached hydrogens (primary N) is 1. The second-order valence-electron chi connectivity index (χ2n) is 7.85. The van der Waals surface area contributed by atoms with Crippen molar-refractivity contribution in [2.24, 2.45) is 0 Å². The zero-order valence-corrected chi connectivity index (χ0v) is 19.2. The van der Waals surface area contributed by atoms with Gasteiger partial charge in [0.05, 0.1) is 35.5 Å². The lowest BCUT2D eigenvalue weighted by Crippen LogP contribution is -2.16. The molecule has 0 saturated heterocycles. The lowest BCUT2D eigenvalue weighted by Gasteiger charge is -2.17. The van der Waals surface area contributed by atoms with Gasteiger partial charge in [0.1, 0.15) is 35.3 Å². The number of rotatable bonds is 8. The third-order valence-electron chi connectivity index (χ3n) is 5.34. The minimum absolute atomic E-state index is 0.0143. The summed E-state index contributed by atoms with van der Waals surface area (Å²) in [5.41, 5.74) is 9.44. The van der Waals surface area contributed by atoms with Crippen molar-refractivity contribution in [3.63, 3.8) is 0 Å². The molecule has 0 aliphatic carbocycles. The zero-order valence-electron chi connectivity index (χ0n) is 19.2. The van der Waals surface area contributed by atoms with Crippen molar-refractivity contribution in [1.82, 2.24) is 24.6 Å². The Kier molecular flexibility index (Phi) is 6.71. The van der Waals surface area contributed by atoms with Crippen LogP contribution in [0.15, 0.2) is 36.8 Å². The van der Waals surface area contributed by atoms with Gasteiger partial charge in [-0.15, -0.1) is 0 Å². The van der Waals surface area contributed by atoms with E-state index in [1.165, 1.54) is 6.33 Å². The quantitative estimate of drug-likeness (QED) is 0.326. The number of nitrogens with one attached hydrogen (secondary N) is 1. The Morgan fingerprint density at radius 3 is 2.80 bits per heavy atom. The average molecular weight is 470 g/mol.